The van der Waals surface area contributed by atoms with Gasteiger partial charge in [0.1, 0.15) is 5.82 Å². The van der Waals surface area contributed by atoms with Crippen LogP contribution in [0, 0.1) is 0 Å². The standard InChI is InChI=1S/C21H20N4O3S2/c26-19-13-7-9-24(20(27)16-5-2-10-29-16)12-14(13)22-18(23-19)15-4-1-8-25(15)21(28)17-6-3-11-30-17/h2-3,5-6,10-11,15H,1,4,7-9,12H2,(H,22,23,26). The zero-order chi connectivity index (χ0) is 20.7. The number of fused-ring (bicyclic) bond motifs is 1. The van der Waals surface area contributed by atoms with Crippen molar-refractivity contribution in [2.45, 2.75) is 31.8 Å². The lowest BCUT2D eigenvalue weighted by atomic mass is 10.1. The maximum Gasteiger partial charge on any atom is 0.264 e. The molecule has 2 aliphatic rings. The number of likely N-dealkylation sites (tertiary alicyclic amines) is 1. The van der Waals surface area contributed by atoms with Gasteiger partial charge in [0.25, 0.3) is 17.4 Å². The van der Waals surface area contributed by atoms with Gasteiger partial charge in [-0.1, -0.05) is 12.1 Å². The van der Waals surface area contributed by atoms with Gasteiger partial charge in [-0.15, -0.1) is 22.7 Å². The number of carbonyl (C=O) groups is 2. The number of nitrogens with one attached hydrogen (secondary N) is 1. The maximum atomic E-state index is 12.9. The van der Waals surface area contributed by atoms with Crippen molar-refractivity contribution in [2.24, 2.45) is 0 Å². The fraction of sp³-hybridized carbons (Fsp3) is 0.333. The van der Waals surface area contributed by atoms with E-state index < -0.39 is 0 Å². The Labute approximate surface area is 181 Å². The number of H-pyrrole nitrogens is 1. The van der Waals surface area contributed by atoms with Crippen molar-refractivity contribution in [2.75, 3.05) is 13.1 Å². The van der Waals surface area contributed by atoms with Gasteiger partial charge in [-0.3, -0.25) is 14.4 Å². The Morgan fingerprint density at radius 2 is 1.80 bits per heavy atom. The summed E-state index contributed by atoms with van der Waals surface area (Å²) in [5.41, 5.74) is 1.12. The predicted octanol–water partition coefficient (Wildman–Crippen LogP) is 3.07. The number of nitrogens with zero attached hydrogens (tertiary/aromatic N) is 3. The summed E-state index contributed by atoms with van der Waals surface area (Å²) in [5, 5.41) is 3.77. The van der Waals surface area contributed by atoms with E-state index in [-0.39, 0.29) is 23.4 Å². The van der Waals surface area contributed by atoms with E-state index in [9.17, 15) is 14.4 Å². The first-order valence-electron chi connectivity index (χ1n) is 9.91. The highest BCUT2D eigenvalue weighted by Crippen LogP contribution is 2.32. The third-order valence-electron chi connectivity index (χ3n) is 5.67. The molecule has 1 saturated heterocycles. The zero-order valence-electron chi connectivity index (χ0n) is 16.2. The molecule has 0 radical (unpaired) electrons. The van der Waals surface area contributed by atoms with E-state index >= 15 is 0 Å². The van der Waals surface area contributed by atoms with E-state index in [2.05, 4.69) is 4.98 Å². The summed E-state index contributed by atoms with van der Waals surface area (Å²) in [6.45, 7) is 1.46. The first-order chi connectivity index (χ1) is 14.6. The predicted molar refractivity (Wildman–Crippen MR) is 115 cm³/mol. The van der Waals surface area contributed by atoms with Crippen molar-refractivity contribution in [3.8, 4) is 0 Å². The average molecular weight is 441 g/mol. The lowest BCUT2D eigenvalue weighted by Crippen LogP contribution is -2.40. The van der Waals surface area contributed by atoms with Gasteiger partial charge >= 0.3 is 0 Å². The Morgan fingerprint density at radius 3 is 2.50 bits per heavy atom. The number of thiophene rings is 2. The van der Waals surface area contributed by atoms with Crippen LogP contribution in [0.5, 0.6) is 0 Å². The number of hydrogen-bond acceptors (Lipinski definition) is 6. The molecule has 5 rings (SSSR count). The summed E-state index contributed by atoms with van der Waals surface area (Å²) in [5.74, 6) is 0.462. The molecule has 2 amide bonds. The van der Waals surface area contributed by atoms with Gasteiger partial charge < -0.3 is 14.8 Å². The van der Waals surface area contributed by atoms with Crippen LogP contribution in [0.2, 0.25) is 0 Å². The molecule has 0 saturated carbocycles. The van der Waals surface area contributed by atoms with Crippen LogP contribution in [0.25, 0.3) is 0 Å². The maximum absolute atomic E-state index is 12.9. The molecule has 2 aliphatic heterocycles. The van der Waals surface area contributed by atoms with Crippen LogP contribution < -0.4 is 5.56 Å². The molecule has 1 atom stereocenters. The molecule has 154 valence electrons. The second-order valence-corrected chi connectivity index (χ2v) is 9.36. The number of aromatic amines is 1. The van der Waals surface area contributed by atoms with Gasteiger partial charge in [0, 0.05) is 18.7 Å². The molecule has 1 N–H and O–H groups in total. The number of rotatable bonds is 3. The SMILES string of the molecule is O=C(c1cccs1)N1CCc2c(nc(C3CCCN3C(=O)c3cccs3)[nH]c2=O)C1. The molecule has 3 aromatic rings. The Kier molecular flexibility index (Phi) is 5.00. The van der Waals surface area contributed by atoms with Crippen molar-refractivity contribution < 1.29 is 9.59 Å². The second kappa shape index (κ2) is 7.81. The minimum atomic E-state index is -0.249. The molecule has 1 unspecified atom stereocenters. The number of hydrogen-bond donors (Lipinski definition) is 1. The number of aromatic nitrogens is 2. The molecule has 9 heteroatoms. The van der Waals surface area contributed by atoms with Crippen LogP contribution in [-0.4, -0.2) is 44.7 Å². The van der Waals surface area contributed by atoms with Crippen LogP contribution in [0.15, 0.2) is 39.8 Å². The summed E-state index contributed by atoms with van der Waals surface area (Å²) < 4.78 is 0. The summed E-state index contributed by atoms with van der Waals surface area (Å²) in [6.07, 6.45) is 2.11. The minimum Gasteiger partial charge on any atom is -0.332 e. The summed E-state index contributed by atoms with van der Waals surface area (Å²) in [4.78, 5) is 51.0. The topological polar surface area (TPSA) is 86.4 Å². The fourth-order valence-electron chi connectivity index (χ4n) is 4.18. The fourth-order valence-corrected chi connectivity index (χ4v) is 5.55. The van der Waals surface area contributed by atoms with Gasteiger partial charge in [-0.05, 0) is 42.2 Å². The minimum absolute atomic E-state index is 0.0256. The first kappa shape index (κ1) is 19.2. The molecule has 0 spiro atoms. The highest BCUT2D eigenvalue weighted by atomic mass is 32.1. The molecule has 7 nitrogen and oxygen atoms in total. The molecule has 1 fully saturated rings. The molecule has 0 bridgehead atoms. The van der Waals surface area contributed by atoms with E-state index in [0.29, 0.717) is 52.9 Å². The van der Waals surface area contributed by atoms with Crippen molar-refractivity contribution in [1.82, 2.24) is 19.8 Å². The Bertz CT molecular complexity index is 1140. The van der Waals surface area contributed by atoms with Crippen molar-refractivity contribution in [1.29, 1.82) is 0 Å². The van der Waals surface area contributed by atoms with E-state index in [4.69, 9.17) is 4.98 Å². The first-order valence-corrected chi connectivity index (χ1v) is 11.7. The third kappa shape index (κ3) is 3.37. The lowest BCUT2D eigenvalue weighted by molar-refractivity contribution is 0.0733. The molecule has 0 aromatic carbocycles. The largest absolute Gasteiger partial charge is 0.332 e. The van der Waals surface area contributed by atoms with E-state index in [1.807, 2.05) is 35.0 Å². The molecular formula is C21H20N4O3S2. The van der Waals surface area contributed by atoms with Crippen LogP contribution >= 0.6 is 22.7 Å². The van der Waals surface area contributed by atoms with Gasteiger partial charge in [-0.25, -0.2) is 4.98 Å². The zero-order valence-corrected chi connectivity index (χ0v) is 17.8. The molecule has 0 aliphatic carbocycles. The summed E-state index contributed by atoms with van der Waals surface area (Å²) in [7, 11) is 0. The number of amides is 2. The van der Waals surface area contributed by atoms with E-state index in [1.54, 1.807) is 9.80 Å². The third-order valence-corrected chi connectivity index (χ3v) is 7.39. The van der Waals surface area contributed by atoms with Crippen LogP contribution in [0.3, 0.4) is 0 Å². The molecule has 30 heavy (non-hydrogen) atoms. The van der Waals surface area contributed by atoms with Crippen molar-refractivity contribution in [3.05, 3.63) is 72.2 Å². The smallest absolute Gasteiger partial charge is 0.264 e. The summed E-state index contributed by atoms with van der Waals surface area (Å²) >= 11 is 2.83. The number of carbonyl (C=O) groups excluding carboxylic acids is 2. The van der Waals surface area contributed by atoms with Crippen molar-refractivity contribution in [3.63, 3.8) is 0 Å². The van der Waals surface area contributed by atoms with Crippen molar-refractivity contribution >= 4 is 34.5 Å². The Hall–Kier alpha value is -2.78. The molecular weight excluding hydrogens is 420 g/mol. The second-order valence-electron chi connectivity index (χ2n) is 7.46. The van der Waals surface area contributed by atoms with Gasteiger partial charge in [0.2, 0.25) is 0 Å². The normalized spacial score (nSPS) is 18.5. The van der Waals surface area contributed by atoms with Gasteiger partial charge in [-0.2, -0.15) is 0 Å². The quantitative estimate of drug-likeness (QED) is 0.678. The Morgan fingerprint density at radius 1 is 1.07 bits per heavy atom. The van der Waals surface area contributed by atoms with E-state index in [1.165, 1.54) is 22.7 Å². The van der Waals surface area contributed by atoms with Crippen LogP contribution in [-0.2, 0) is 13.0 Å². The van der Waals surface area contributed by atoms with Crippen LogP contribution in [0.1, 0.15) is 55.3 Å². The van der Waals surface area contributed by atoms with Gasteiger partial charge in [0.05, 0.1) is 28.0 Å². The highest BCUT2D eigenvalue weighted by Gasteiger charge is 2.34. The van der Waals surface area contributed by atoms with Crippen LogP contribution in [0.4, 0.5) is 0 Å². The summed E-state index contributed by atoms with van der Waals surface area (Å²) in [6, 6.07) is 7.10. The highest BCUT2D eigenvalue weighted by molar-refractivity contribution is 7.12. The van der Waals surface area contributed by atoms with Gasteiger partial charge in [0.15, 0.2) is 0 Å². The monoisotopic (exact) mass is 440 g/mol. The molecule has 5 heterocycles. The molecule has 3 aromatic heterocycles. The lowest BCUT2D eigenvalue weighted by Gasteiger charge is -2.29. The Balaban J connectivity index is 1.43. The van der Waals surface area contributed by atoms with E-state index in [0.717, 1.165) is 12.8 Å². The average Bonchev–Trinajstić information content (AvgIpc) is 3.54.